The van der Waals surface area contributed by atoms with E-state index in [-0.39, 0.29) is 0 Å². The summed E-state index contributed by atoms with van der Waals surface area (Å²) in [5.74, 6) is 5.08. The monoisotopic (exact) mass is 398 g/mol. The van der Waals surface area contributed by atoms with Crippen LogP contribution >= 0.6 is 0 Å². The van der Waals surface area contributed by atoms with Crippen LogP contribution in [0.3, 0.4) is 0 Å². The third kappa shape index (κ3) is 3.57. The number of hydrogen-bond acceptors (Lipinski definition) is 1. The molecule has 1 nitrogen and oxygen atoms in total. The third-order valence-corrected chi connectivity index (χ3v) is 10.5. The van der Waals surface area contributed by atoms with Gasteiger partial charge in [0.25, 0.3) is 0 Å². The molecule has 0 aromatic heterocycles. The van der Waals surface area contributed by atoms with Crippen molar-refractivity contribution >= 4 is 6.29 Å². The van der Waals surface area contributed by atoms with Crippen molar-refractivity contribution in [3.05, 3.63) is 11.1 Å². The van der Waals surface area contributed by atoms with Gasteiger partial charge in [0.05, 0.1) is 0 Å². The molecule has 0 aromatic carbocycles. The van der Waals surface area contributed by atoms with Gasteiger partial charge in [0.15, 0.2) is 0 Å². The van der Waals surface area contributed by atoms with E-state index in [1.807, 2.05) is 0 Å². The van der Waals surface area contributed by atoms with E-state index in [1.54, 1.807) is 5.57 Å². The van der Waals surface area contributed by atoms with Gasteiger partial charge in [-0.2, -0.15) is 0 Å². The molecule has 4 aliphatic rings. The van der Waals surface area contributed by atoms with Crippen LogP contribution in [0.5, 0.6) is 0 Å². The van der Waals surface area contributed by atoms with Gasteiger partial charge >= 0.3 is 0 Å². The molecule has 0 N–H and O–H groups in total. The van der Waals surface area contributed by atoms with Crippen molar-refractivity contribution in [1.29, 1.82) is 0 Å². The second-order valence-electron chi connectivity index (χ2n) is 12.4. The van der Waals surface area contributed by atoms with E-state index in [2.05, 4.69) is 34.6 Å². The highest BCUT2D eigenvalue weighted by Gasteiger charge is 2.59. The lowest BCUT2D eigenvalue weighted by Crippen LogP contribution is -2.51. The maximum atomic E-state index is 12.1. The van der Waals surface area contributed by atoms with Gasteiger partial charge in [0.1, 0.15) is 6.29 Å². The normalized spacial score (nSPS) is 43.0. The number of hydrogen-bond donors (Lipinski definition) is 0. The minimum absolute atomic E-state index is 0.333. The highest BCUT2D eigenvalue weighted by molar-refractivity contribution is 5.76. The molecule has 4 rings (SSSR count). The maximum absolute atomic E-state index is 12.1. The van der Waals surface area contributed by atoms with Crippen molar-refractivity contribution in [3.63, 3.8) is 0 Å². The molecular weight excluding hydrogens is 352 g/mol. The Balaban J connectivity index is 1.55. The molecule has 7 atom stereocenters. The first-order valence-corrected chi connectivity index (χ1v) is 13.0. The van der Waals surface area contributed by atoms with Crippen molar-refractivity contribution in [1.82, 2.24) is 0 Å². The first-order chi connectivity index (χ1) is 13.8. The summed E-state index contributed by atoms with van der Waals surface area (Å²) in [6.07, 6.45) is 17.5. The summed E-state index contributed by atoms with van der Waals surface area (Å²) in [7, 11) is 0. The highest BCUT2D eigenvalue weighted by atomic mass is 16.1. The van der Waals surface area contributed by atoms with Crippen molar-refractivity contribution < 1.29 is 4.79 Å². The zero-order valence-electron chi connectivity index (χ0n) is 19.9. The second kappa shape index (κ2) is 8.16. The van der Waals surface area contributed by atoms with Gasteiger partial charge in [-0.15, -0.1) is 0 Å². The summed E-state index contributed by atoms with van der Waals surface area (Å²) in [6, 6.07) is 0. The van der Waals surface area contributed by atoms with Crippen LogP contribution in [0.4, 0.5) is 0 Å². The lowest BCUT2D eigenvalue weighted by atomic mass is 9.46. The molecule has 3 saturated carbocycles. The molecule has 0 saturated heterocycles. The van der Waals surface area contributed by atoms with Gasteiger partial charge < -0.3 is 0 Å². The molecule has 0 amide bonds. The van der Waals surface area contributed by atoms with Gasteiger partial charge in [-0.1, -0.05) is 65.9 Å². The minimum Gasteiger partial charge on any atom is -0.298 e. The Morgan fingerprint density at radius 1 is 1.00 bits per heavy atom. The lowest BCUT2D eigenvalue weighted by Gasteiger charge is -2.58. The third-order valence-electron chi connectivity index (χ3n) is 10.5. The smallest absolute Gasteiger partial charge is 0.146 e. The lowest BCUT2D eigenvalue weighted by molar-refractivity contribution is -0.106. The molecule has 0 heterocycles. The van der Waals surface area contributed by atoms with E-state index in [0.717, 1.165) is 41.9 Å². The van der Waals surface area contributed by atoms with Crippen LogP contribution < -0.4 is 0 Å². The van der Waals surface area contributed by atoms with Crippen molar-refractivity contribution in [2.75, 3.05) is 0 Å². The number of fused-ring (bicyclic) bond motifs is 5. The van der Waals surface area contributed by atoms with Gasteiger partial charge in [-0.3, -0.25) is 4.79 Å². The van der Waals surface area contributed by atoms with Gasteiger partial charge in [-0.05, 0) is 103 Å². The Morgan fingerprint density at radius 2 is 1.79 bits per heavy atom. The molecule has 0 spiro atoms. The fourth-order valence-corrected chi connectivity index (χ4v) is 9.05. The first kappa shape index (κ1) is 21.6. The largest absolute Gasteiger partial charge is 0.298 e. The second-order valence-corrected chi connectivity index (χ2v) is 12.4. The summed E-state index contributed by atoms with van der Waals surface area (Å²) in [5.41, 5.74) is 3.67. The maximum Gasteiger partial charge on any atom is 0.146 e. The number of aldehydes is 1. The van der Waals surface area contributed by atoms with Crippen LogP contribution in [0.15, 0.2) is 11.1 Å². The quantitative estimate of drug-likeness (QED) is 0.414. The molecule has 29 heavy (non-hydrogen) atoms. The molecule has 0 radical (unpaired) electrons. The Kier molecular flexibility index (Phi) is 6.09. The summed E-state index contributed by atoms with van der Waals surface area (Å²) in [4.78, 5) is 12.1. The molecule has 0 bridgehead atoms. The molecule has 0 aliphatic heterocycles. The molecule has 0 aromatic rings. The number of carbonyl (C=O) groups excluding carboxylic acids is 1. The summed E-state index contributed by atoms with van der Waals surface area (Å²) in [5, 5.41) is 0. The van der Waals surface area contributed by atoms with Crippen molar-refractivity contribution in [2.45, 2.75) is 112 Å². The number of rotatable bonds is 6. The zero-order chi connectivity index (χ0) is 20.8. The van der Waals surface area contributed by atoms with Crippen LogP contribution in [-0.4, -0.2) is 6.29 Å². The molecule has 4 aliphatic carbocycles. The molecule has 1 heteroatoms. The van der Waals surface area contributed by atoms with Crippen LogP contribution in [-0.2, 0) is 4.79 Å². The predicted octanol–water partition coefficient (Wildman–Crippen LogP) is 7.99. The average Bonchev–Trinajstić information content (AvgIpc) is 3.04. The Bertz CT molecular complexity index is 645. The van der Waals surface area contributed by atoms with Crippen molar-refractivity contribution in [3.8, 4) is 0 Å². The number of carbonyl (C=O) groups is 1. The van der Waals surface area contributed by atoms with E-state index in [1.165, 1.54) is 82.5 Å². The van der Waals surface area contributed by atoms with E-state index in [0.29, 0.717) is 10.8 Å². The topological polar surface area (TPSA) is 17.1 Å². The van der Waals surface area contributed by atoms with Gasteiger partial charge in [-0.25, -0.2) is 0 Å². The Hall–Kier alpha value is -0.590. The molecular formula is C28H46O. The van der Waals surface area contributed by atoms with Gasteiger partial charge in [0.2, 0.25) is 0 Å². The zero-order valence-corrected chi connectivity index (χ0v) is 19.9. The van der Waals surface area contributed by atoms with Gasteiger partial charge in [0, 0.05) is 0 Å². The minimum atomic E-state index is 0.333. The Morgan fingerprint density at radius 3 is 2.52 bits per heavy atom. The summed E-state index contributed by atoms with van der Waals surface area (Å²) < 4.78 is 0. The van der Waals surface area contributed by atoms with E-state index in [9.17, 15) is 4.79 Å². The van der Waals surface area contributed by atoms with Crippen LogP contribution in [0.1, 0.15) is 112 Å². The van der Waals surface area contributed by atoms with Crippen LogP contribution in [0, 0.1) is 46.3 Å². The average molecular weight is 399 g/mol. The van der Waals surface area contributed by atoms with Crippen molar-refractivity contribution in [2.24, 2.45) is 46.3 Å². The summed E-state index contributed by atoms with van der Waals surface area (Å²) in [6.45, 7) is 12.5. The first-order valence-electron chi connectivity index (χ1n) is 13.0. The highest BCUT2D eigenvalue weighted by Crippen LogP contribution is 2.68. The van der Waals surface area contributed by atoms with E-state index >= 15 is 0 Å². The van der Waals surface area contributed by atoms with E-state index in [4.69, 9.17) is 0 Å². The SMILES string of the molecule is CC(C)CCC[C@@H](C)[C@H]1CC[C@H]2[C@@H]3CC(C=O)=C4CCCC[C@]4(C)[C@H]3CC[C@]12C. The van der Waals surface area contributed by atoms with E-state index < -0.39 is 0 Å². The summed E-state index contributed by atoms with van der Waals surface area (Å²) >= 11 is 0. The fraction of sp³-hybridized carbons (Fsp3) is 0.893. The standard InChI is InChI=1S/C28H46O/c1-19(2)9-8-10-20(3)23-12-13-25-22-17-21(18-29)24-11-6-7-15-27(24,4)26(22)14-16-28(23,25)5/h18-20,22-23,25-26H,6-17H2,1-5H3/t20-,22+,23-,25+,26+,27+,28-/m1/s1. The molecule has 164 valence electrons. The predicted molar refractivity (Wildman–Crippen MR) is 123 cm³/mol. The fourth-order valence-electron chi connectivity index (χ4n) is 9.05. The number of allylic oxidation sites excluding steroid dienone is 2. The Labute approximate surface area is 180 Å². The van der Waals surface area contributed by atoms with Crippen LogP contribution in [0.25, 0.3) is 0 Å². The van der Waals surface area contributed by atoms with Crippen LogP contribution in [0.2, 0.25) is 0 Å². The molecule has 0 unspecified atom stereocenters. The molecule has 3 fully saturated rings.